The Morgan fingerprint density at radius 3 is 2.42 bits per heavy atom. The Kier molecular flexibility index (Phi) is 4.41. The largest absolute Gasteiger partial charge is 0.320 e. The van der Waals surface area contributed by atoms with Crippen LogP contribution in [0.3, 0.4) is 0 Å². The standard InChI is InChI=1S/C15H17BrClNS/c1-15(2,3)13-7-6-12(19-13)14(18)10-5-4-9(16)8-11(10)17/h4-8,14H,18H2,1-3H3. The first-order valence-electron chi connectivity index (χ1n) is 6.10. The van der Waals surface area contributed by atoms with Gasteiger partial charge in [-0.15, -0.1) is 11.3 Å². The van der Waals surface area contributed by atoms with Gasteiger partial charge in [0.2, 0.25) is 0 Å². The van der Waals surface area contributed by atoms with E-state index < -0.39 is 0 Å². The van der Waals surface area contributed by atoms with E-state index in [1.807, 2.05) is 18.2 Å². The molecule has 2 rings (SSSR count). The molecule has 1 heterocycles. The minimum atomic E-state index is -0.165. The van der Waals surface area contributed by atoms with Crippen molar-refractivity contribution in [2.45, 2.75) is 32.2 Å². The molecule has 2 aromatic rings. The summed E-state index contributed by atoms with van der Waals surface area (Å²) in [7, 11) is 0. The minimum absolute atomic E-state index is 0.159. The maximum Gasteiger partial charge on any atom is 0.0660 e. The normalized spacial score (nSPS) is 13.6. The molecular weight excluding hydrogens is 342 g/mol. The Balaban J connectivity index is 2.34. The van der Waals surface area contributed by atoms with Crippen LogP contribution in [0.15, 0.2) is 34.8 Å². The van der Waals surface area contributed by atoms with Crippen molar-refractivity contribution in [2.75, 3.05) is 0 Å². The molecule has 0 saturated carbocycles. The van der Waals surface area contributed by atoms with Crippen molar-refractivity contribution in [3.63, 3.8) is 0 Å². The lowest BCUT2D eigenvalue weighted by atomic mass is 9.95. The minimum Gasteiger partial charge on any atom is -0.320 e. The van der Waals surface area contributed by atoms with E-state index in [0.29, 0.717) is 5.02 Å². The molecule has 1 unspecified atom stereocenters. The van der Waals surface area contributed by atoms with E-state index in [1.165, 1.54) is 4.88 Å². The molecule has 0 radical (unpaired) electrons. The van der Waals surface area contributed by atoms with E-state index >= 15 is 0 Å². The predicted molar refractivity (Wildman–Crippen MR) is 88.2 cm³/mol. The summed E-state index contributed by atoms with van der Waals surface area (Å²) < 4.78 is 0.968. The molecule has 0 aliphatic carbocycles. The molecule has 4 heteroatoms. The SMILES string of the molecule is CC(C)(C)c1ccc(C(N)c2ccc(Br)cc2Cl)s1. The topological polar surface area (TPSA) is 26.0 Å². The molecule has 1 nitrogen and oxygen atoms in total. The fourth-order valence-corrected chi connectivity index (χ4v) is 3.71. The number of benzene rings is 1. The van der Waals surface area contributed by atoms with Crippen LogP contribution < -0.4 is 5.73 Å². The van der Waals surface area contributed by atoms with Crippen LogP contribution in [0.4, 0.5) is 0 Å². The molecule has 0 fully saturated rings. The Bertz CT molecular complexity index is 586. The average Bonchev–Trinajstić information content (AvgIpc) is 2.76. The molecule has 0 saturated heterocycles. The lowest BCUT2D eigenvalue weighted by Gasteiger charge is -2.16. The molecule has 2 N–H and O–H groups in total. The monoisotopic (exact) mass is 357 g/mol. The van der Waals surface area contributed by atoms with Gasteiger partial charge in [-0.3, -0.25) is 0 Å². The maximum atomic E-state index is 6.33. The molecular formula is C15H17BrClNS. The second kappa shape index (κ2) is 5.57. The average molecular weight is 359 g/mol. The molecule has 0 amide bonds. The van der Waals surface area contributed by atoms with E-state index in [2.05, 4.69) is 48.8 Å². The summed E-state index contributed by atoms with van der Waals surface area (Å²) in [6.07, 6.45) is 0. The van der Waals surface area contributed by atoms with Gasteiger partial charge in [-0.25, -0.2) is 0 Å². The van der Waals surface area contributed by atoms with Crippen LogP contribution >= 0.6 is 38.9 Å². The zero-order valence-electron chi connectivity index (χ0n) is 11.2. The number of halogens is 2. The predicted octanol–water partition coefficient (Wildman–Crippen LogP) is 5.51. The van der Waals surface area contributed by atoms with Crippen molar-refractivity contribution in [3.05, 3.63) is 55.1 Å². The van der Waals surface area contributed by atoms with Crippen molar-refractivity contribution in [1.29, 1.82) is 0 Å². The van der Waals surface area contributed by atoms with Gasteiger partial charge < -0.3 is 5.73 Å². The smallest absolute Gasteiger partial charge is 0.0660 e. The fourth-order valence-electron chi connectivity index (χ4n) is 1.83. The fraction of sp³-hybridized carbons (Fsp3) is 0.333. The van der Waals surface area contributed by atoms with Gasteiger partial charge in [0, 0.05) is 19.2 Å². The third kappa shape index (κ3) is 3.40. The highest BCUT2D eigenvalue weighted by molar-refractivity contribution is 9.10. The van der Waals surface area contributed by atoms with Gasteiger partial charge in [-0.05, 0) is 35.2 Å². The van der Waals surface area contributed by atoms with E-state index in [4.69, 9.17) is 17.3 Å². The second-order valence-corrected chi connectivity index (χ2v) is 8.03. The van der Waals surface area contributed by atoms with Crippen LogP contribution in [0.1, 0.15) is 42.1 Å². The van der Waals surface area contributed by atoms with Crippen LogP contribution in [-0.2, 0) is 5.41 Å². The molecule has 19 heavy (non-hydrogen) atoms. The molecule has 102 valence electrons. The van der Waals surface area contributed by atoms with Crippen LogP contribution in [0.5, 0.6) is 0 Å². The quantitative estimate of drug-likeness (QED) is 0.752. The number of thiophene rings is 1. The highest BCUT2D eigenvalue weighted by atomic mass is 79.9. The van der Waals surface area contributed by atoms with Crippen LogP contribution in [0.2, 0.25) is 5.02 Å². The molecule has 0 bridgehead atoms. The third-order valence-electron chi connectivity index (χ3n) is 2.97. The number of rotatable bonds is 2. The number of hydrogen-bond donors (Lipinski definition) is 1. The second-order valence-electron chi connectivity index (χ2n) is 5.60. The van der Waals surface area contributed by atoms with Gasteiger partial charge in [-0.1, -0.05) is 54.4 Å². The van der Waals surface area contributed by atoms with Gasteiger partial charge >= 0.3 is 0 Å². The Labute approximate surface area is 131 Å². The first-order chi connectivity index (χ1) is 8.79. The summed E-state index contributed by atoms with van der Waals surface area (Å²) in [4.78, 5) is 2.49. The zero-order chi connectivity index (χ0) is 14.2. The molecule has 0 aliphatic rings. The summed E-state index contributed by atoms with van der Waals surface area (Å²) in [6.45, 7) is 6.63. The summed E-state index contributed by atoms with van der Waals surface area (Å²) in [5.41, 5.74) is 7.46. The lowest BCUT2D eigenvalue weighted by molar-refractivity contribution is 0.604. The summed E-state index contributed by atoms with van der Waals surface area (Å²) in [5.74, 6) is 0. The van der Waals surface area contributed by atoms with E-state index in [-0.39, 0.29) is 11.5 Å². The van der Waals surface area contributed by atoms with Crippen LogP contribution in [0, 0.1) is 0 Å². The Hall–Kier alpha value is -0.350. The van der Waals surface area contributed by atoms with Crippen LogP contribution in [0.25, 0.3) is 0 Å². The van der Waals surface area contributed by atoms with Crippen molar-refractivity contribution in [2.24, 2.45) is 5.73 Å². The Morgan fingerprint density at radius 2 is 1.89 bits per heavy atom. The van der Waals surface area contributed by atoms with Gasteiger partial charge in [0.1, 0.15) is 0 Å². The molecule has 0 spiro atoms. The van der Waals surface area contributed by atoms with Gasteiger partial charge in [0.25, 0.3) is 0 Å². The molecule has 0 aliphatic heterocycles. The molecule has 1 atom stereocenters. The van der Waals surface area contributed by atoms with E-state index in [0.717, 1.165) is 14.9 Å². The van der Waals surface area contributed by atoms with Crippen molar-refractivity contribution in [1.82, 2.24) is 0 Å². The molecule has 1 aromatic carbocycles. The van der Waals surface area contributed by atoms with Crippen LogP contribution in [-0.4, -0.2) is 0 Å². The highest BCUT2D eigenvalue weighted by Gasteiger charge is 2.20. The zero-order valence-corrected chi connectivity index (χ0v) is 14.4. The summed E-state index contributed by atoms with van der Waals surface area (Å²) >= 11 is 11.4. The summed E-state index contributed by atoms with van der Waals surface area (Å²) in [6, 6.07) is 9.93. The number of nitrogens with two attached hydrogens (primary N) is 1. The van der Waals surface area contributed by atoms with Crippen molar-refractivity contribution in [3.8, 4) is 0 Å². The number of hydrogen-bond acceptors (Lipinski definition) is 2. The maximum absolute atomic E-state index is 6.33. The van der Waals surface area contributed by atoms with Gasteiger partial charge in [-0.2, -0.15) is 0 Å². The highest BCUT2D eigenvalue weighted by Crippen LogP contribution is 2.36. The summed E-state index contributed by atoms with van der Waals surface area (Å²) in [5, 5.41) is 0.701. The van der Waals surface area contributed by atoms with E-state index in [1.54, 1.807) is 11.3 Å². The lowest BCUT2D eigenvalue weighted by Crippen LogP contribution is -2.11. The van der Waals surface area contributed by atoms with Crippen molar-refractivity contribution < 1.29 is 0 Å². The third-order valence-corrected chi connectivity index (χ3v) is 5.38. The first-order valence-corrected chi connectivity index (χ1v) is 8.08. The van der Waals surface area contributed by atoms with Gasteiger partial charge in [0.15, 0.2) is 0 Å². The van der Waals surface area contributed by atoms with Crippen molar-refractivity contribution >= 4 is 38.9 Å². The molecule has 1 aromatic heterocycles. The Morgan fingerprint density at radius 1 is 1.21 bits per heavy atom. The van der Waals surface area contributed by atoms with Gasteiger partial charge in [0.05, 0.1) is 6.04 Å². The van der Waals surface area contributed by atoms with E-state index in [9.17, 15) is 0 Å². The first kappa shape index (κ1) is 15.0.